The summed E-state index contributed by atoms with van der Waals surface area (Å²) in [5.74, 6) is 2.07. The SMILES string of the molecule is CC/C(C)=C/B1OC(C)(C)C(C)(C)O1. The minimum absolute atomic E-state index is 0.181. The monoisotopic (exact) mass is 196 g/mol. The Labute approximate surface area is 87.8 Å². The van der Waals surface area contributed by atoms with Crippen LogP contribution >= 0.6 is 0 Å². The van der Waals surface area contributed by atoms with Gasteiger partial charge in [-0.1, -0.05) is 18.5 Å². The molecule has 1 saturated heterocycles. The lowest BCUT2D eigenvalue weighted by atomic mass is 9.87. The Morgan fingerprint density at radius 3 is 1.93 bits per heavy atom. The average Bonchev–Trinajstić information content (AvgIpc) is 2.20. The molecule has 0 saturated carbocycles. The van der Waals surface area contributed by atoms with E-state index in [9.17, 15) is 0 Å². The maximum atomic E-state index is 5.84. The fraction of sp³-hybridized carbons (Fsp3) is 0.818. The summed E-state index contributed by atoms with van der Waals surface area (Å²) < 4.78 is 11.7. The zero-order chi connectivity index (χ0) is 11.0. The number of hydrogen-bond acceptors (Lipinski definition) is 2. The number of rotatable bonds is 2. The van der Waals surface area contributed by atoms with E-state index in [2.05, 4.69) is 47.5 Å². The van der Waals surface area contributed by atoms with E-state index in [-0.39, 0.29) is 18.3 Å². The highest BCUT2D eigenvalue weighted by molar-refractivity contribution is 6.51. The minimum atomic E-state index is -0.220. The molecule has 1 heterocycles. The summed E-state index contributed by atoms with van der Waals surface area (Å²) in [6.07, 6.45) is 1.05. The normalized spacial score (nSPS) is 25.6. The molecule has 0 unspecified atom stereocenters. The van der Waals surface area contributed by atoms with Gasteiger partial charge in [0.1, 0.15) is 0 Å². The molecular weight excluding hydrogens is 175 g/mol. The summed E-state index contributed by atoms with van der Waals surface area (Å²) >= 11 is 0. The van der Waals surface area contributed by atoms with Crippen LogP contribution in [0.15, 0.2) is 11.5 Å². The maximum absolute atomic E-state index is 5.84. The van der Waals surface area contributed by atoms with E-state index in [0.29, 0.717) is 0 Å². The summed E-state index contributed by atoms with van der Waals surface area (Å²) in [6, 6.07) is 0. The molecule has 0 bridgehead atoms. The second kappa shape index (κ2) is 3.71. The molecule has 14 heavy (non-hydrogen) atoms. The van der Waals surface area contributed by atoms with E-state index >= 15 is 0 Å². The lowest BCUT2D eigenvalue weighted by Crippen LogP contribution is -2.41. The largest absolute Gasteiger partial charge is 0.487 e. The summed E-state index contributed by atoms with van der Waals surface area (Å²) in [5, 5.41) is 0. The van der Waals surface area contributed by atoms with Crippen molar-refractivity contribution in [2.75, 3.05) is 0 Å². The molecular formula is C11H21BO2. The first kappa shape index (κ1) is 11.8. The molecule has 1 rings (SSSR count). The molecule has 0 atom stereocenters. The molecule has 0 aromatic carbocycles. The molecule has 0 N–H and O–H groups in total. The number of hydrogen-bond donors (Lipinski definition) is 0. The second-order valence-corrected chi connectivity index (χ2v) is 4.99. The highest BCUT2D eigenvalue weighted by atomic mass is 16.7. The average molecular weight is 196 g/mol. The smallest absolute Gasteiger partial charge is 0.400 e. The zero-order valence-corrected chi connectivity index (χ0v) is 10.2. The summed E-state index contributed by atoms with van der Waals surface area (Å²) in [6.45, 7) is 12.5. The van der Waals surface area contributed by atoms with Crippen molar-refractivity contribution in [2.45, 2.75) is 59.2 Å². The van der Waals surface area contributed by atoms with Gasteiger partial charge < -0.3 is 9.31 Å². The van der Waals surface area contributed by atoms with E-state index in [1.807, 2.05) is 0 Å². The Bertz CT molecular complexity index is 228. The van der Waals surface area contributed by atoms with Gasteiger partial charge in [-0.2, -0.15) is 0 Å². The Kier molecular flexibility index (Phi) is 3.12. The van der Waals surface area contributed by atoms with Gasteiger partial charge in [-0.3, -0.25) is 0 Å². The zero-order valence-electron chi connectivity index (χ0n) is 10.2. The molecule has 0 spiro atoms. The Morgan fingerprint density at radius 1 is 1.14 bits per heavy atom. The molecule has 80 valence electrons. The van der Waals surface area contributed by atoms with Gasteiger partial charge in [-0.15, -0.1) is 0 Å². The van der Waals surface area contributed by atoms with E-state index in [4.69, 9.17) is 9.31 Å². The van der Waals surface area contributed by atoms with Crippen molar-refractivity contribution in [1.29, 1.82) is 0 Å². The Balaban J connectivity index is 2.73. The fourth-order valence-electron chi connectivity index (χ4n) is 1.31. The number of allylic oxidation sites excluding steroid dienone is 1. The van der Waals surface area contributed by atoms with Crippen LogP contribution < -0.4 is 0 Å². The van der Waals surface area contributed by atoms with Gasteiger partial charge in [0, 0.05) is 0 Å². The molecule has 1 aliphatic heterocycles. The van der Waals surface area contributed by atoms with E-state index in [0.717, 1.165) is 6.42 Å². The molecule has 2 nitrogen and oxygen atoms in total. The molecule has 0 radical (unpaired) electrons. The standard InChI is InChI=1S/C11H21BO2/c1-7-9(2)8-12-13-10(3,4)11(5,6)14-12/h8H,7H2,1-6H3/b9-8+. The van der Waals surface area contributed by atoms with Gasteiger partial charge in [0.15, 0.2) is 0 Å². The van der Waals surface area contributed by atoms with Crippen LogP contribution in [-0.4, -0.2) is 18.3 Å². The maximum Gasteiger partial charge on any atom is 0.487 e. The van der Waals surface area contributed by atoms with Crippen LogP contribution in [0.1, 0.15) is 48.0 Å². The van der Waals surface area contributed by atoms with Crippen LogP contribution in [0.25, 0.3) is 0 Å². The van der Waals surface area contributed by atoms with E-state index in [1.165, 1.54) is 5.57 Å². The Hall–Kier alpha value is -0.275. The van der Waals surface area contributed by atoms with E-state index in [1.54, 1.807) is 0 Å². The third-order valence-corrected chi connectivity index (χ3v) is 3.25. The van der Waals surface area contributed by atoms with E-state index < -0.39 is 0 Å². The van der Waals surface area contributed by atoms with Crippen LogP contribution in [0.2, 0.25) is 0 Å². The first-order valence-corrected chi connectivity index (χ1v) is 5.31. The molecule has 1 aliphatic rings. The first-order valence-electron chi connectivity index (χ1n) is 5.31. The molecule has 0 aromatic rings. The second-order valence-electron chi connectivity index (χ2n) is 4.99. The molecule has 0 aromatic heterocycles. The predicted molar refractivity (Wildman–Crippen MR) is 60.1 cm³/mol. The Morgan fingerprint density at radius 2 is 1.57 bits per heavy atom. The van der Waals surface area contributed by atoms with Gasteiger partial charge in [0.25, 0.3) is 0 Å². The van der Waals surface area contributed by atoms with Crippen LogP contribution in [0.4, 0.5) is 0 Å². The fourth-order valence-corrected chi connectivity index (χ4v) is 1.31. The van der Waals surface area contributed by atoms with Crippen LogP contribution in [0.5, 0.6) is 0 Å². The lowest BCUT2D eigenvalue weighted by molar-refractivity contribution is 0.00578. The van der Waals surface area contributed by atoms with Crippen molar-refractivity contribution in [3.8, 4) is 0 Å². The van der Waals surface area contributed by atoms with Crippen molar-refractivity contribution in [3.63, 3.8) is 0 Å². The molecule has 0 amide bonds. The van der Waals surface area contributed by atoms with Crippen molar-refractivity contribution in [3.05, 3.63) is 11.5 Å². The highest BCUT2D eigenvalue weighted by Crippen LogP contribution is 2.37. The summed E-state index contributed by atoms with van der Waals surface area (Å²) in [7, 11) is -0.181. The van der Waals surface area contributed by atoms with Crippen molar-refractivity contribution < 1.29 is 9.31 Å². The van der Waals surface area contributed by atoms with Crippen LogP contribution in [0.3, 0.4) is 0 Å². The van der Waals surface area contributed by atoms with Gasteiger partial charge in [-0.05, 0) is 41.0 Å². The van der Waals surface area contributed by atoms with Crippen LogP contribution in [0, 0.1) is 0 Å². The van der Waals surface area contributed by atoms with Crippen molar-refractivity contribution in [1.82, 2.24) is 0 Å². The van der Waals surface area contributed by atoms with Crippen LogP contribution in [-0.2, 0) is 9.31 Å². The third-order valence-electron chi connectivity index (χ3n) is 3.25. The quantitative estimate of drug-likeness (QED) is 0.632. The van der Waals surface area contributed by atoms with Crippen molar-refractivity contribution >= 4 is 7.12 Å². The van der Waals surface area contributed by atoms with Gasteiger partial charge in [0.05, 0.1) is 11.2 Å². The summed E-state index contributed by atoms with van der Waals surface area (Å²) in [5.41, 5.74) is 0.869. The summed E-state index contributed by atoms with van der Waals surface area (Å²) in [4.78, 5) is 0. The first-order chi connectivity index (χ1) is 6.28. The molecule has 0 aliphatic carbocycles. The molecule has 3 heteroatoms. The van der Waals surface area contributed by atoms with Crippen molar-refractivity contribution in [2.24, 2.45) is 0 Å². The topological polar surface area (TPSA) is 18.5 Å². The molecule has 1 fully saturated rings. The lowest BCUT2D eigenvalue weighted by Gasteiger charge is -2.32. The predicted octanol–water partition coefficient (Wildman–Crippen LogP) is 2.97. The van der Waals surface area contributed by atoms with Gasteiger partial charge >= 0.3 is 7.12 Å². The van der Waals surface area contributed by atoms with Gasteiger partial charge in [-0.25, -0.2) is 0 Å². The van der Waals surface area contributed by atoms with Gasteiger partial charge in [0.2, 0.25) is 0 Å². The minimum Gasteiger partial charge on any atom is -0.400 e. The highest BCUT2D eigenvalue weighted by Gasteiger charge is 2.50. The third kappa shape index (κ3) is 2.21.